The molecule has 0 saturated heterocycles. The molecule has 0 aliphatic heterocycles. The molecule has 1 saturated carbocycles. The summed E-state index contributed by atoms with van der Waals surface area (Å²) in [6.07, 6.45) is 0.481. The molecule has 1 amide bonds. The van der Waals surface area contributed by atoms with Crippen molar-refractivity contribution in [1.82, 2.24) is 5.32 Å². The van der Waals surface area contributed by atoms with E-state index in [0.29, 0.717) is 6.92 Å². The predicted molar refractivity (Wildman–Crippen MR) is 62.8 cm³/mol. The van der Waals surface area contributed by atoms with Crippen LogP contribution in [0.25, 0.3) is 0 Å². The van der Waals surface area contributed by atoms with Crippen LogP contribution in [0.15, 0.2) is 0 Å². The largest absolute Gasteiger partial charge is 0.415 e. The van der Waals surface area contributed by atoms with E-state index >= 15 is 0 Å². The highest BCUT2D eigenvalue weighted by Crippen LogP contribution is 2.30. The lowest BCUT2D eigenvalue weighted by Crippen LogP contribution is -2.63. The minimum absolute atomic E-state index is 0.256. The second-order valence-corrected chi connectivity index (χ2v) is 5.36. The van der Waals surface area contributed by atoms with Crippen LogP contribution in [0.4, 0.5) is 13.2 Å². The maximum atomic E-state index is 12.6. The van der Waals surface area contributed by atoms with Gasteiger partial charge in [-0.05, 0) is 32.6 Å². The van der Waals surface area contributed by atoms with Crippen molar-refractivity contribution in [3.8, 4) is 0 Å². The number of halogens is 3. The number of carbonyl (C=O) groups is 1. The summed E-state index contributed by atoms with van der Waals surface area (Å²) in [5, 5.41) is 2.41. The summed E-state index contributed by atoms with van der Waals surface area (Å²) in [6.45, 7) is 2.45. The van der Waals surface area contributed by atoms with Crippen molar-refractivity contribution in [1.29, 1.82) is 0 Å². The van der Waals surface area contributed by atoms with E-state index in [2.05, 4.69) is 5.32 Å². The van der Waals surface area contributed by atoms with Gasteiger partial charge < -0.3 is 11.1 Å². The zero-order valence-corrected chi connectivity index (χ0v) is 10.8. The third-order valence-electron chi connectivity index (χ3n) is 3.78. The maximum Gasteiger partial charge on any atom is 0.415 e. The molecule has 1 rings (SSSR count). The van der Waals surface area contributed by atoms with Crippen LogP contribution in [0.1, 0.15) is 46.0 Å². The highest BCUT2D eigenvalue weighted by atomic mass is 19.4. The van der Waals surface area contributed by atoms with Gasteiger partial charge in [-0.15, -0.1) is 0 Å². The van der Waals surface area contributed by atoms with E-state index in [0.717, 1.165) is 32.1 Å². The Morgan fingerprint density at radius 2 is 1.78 bits per heavy atom. The average molecular weight is 266 g/mol. The lowest BCUT2D eigenvalue weighted by molar-refractivity contribution is -0.187. The predicted octanol–water partition coefficient (Wildman–Crippen LogP) is 2.35. The smallest absolute Gasteiger partial charge is 0.351 e. The highest BCUT2D eigenvalue weighted by Gasteiger charge is 2.54. The highest BCUT2D eigenvalue weighted by molar-refractivity contribution is 5.86. The summed E-state index contributed by atoms with van der Waals surface area (Å²) < 4.78 is 37.8. The van der Waals surface area contributed by atoms with E-state index in [1.54, 1.807) is 6.92 Å². The van der Waals surface area contributed by atoms with Gasteiger partial charge in [-0.25, -0.2) is 0 Å². The van der Waals surface area contributed by atoms with Crippen LogP contribution in [0.2, 0.25) is 0 Å². The molecule has 0 spiro atoms. The molecule has 1 unspecified atom stereocenters. The van der Waals surface area contributed by atoms with Gasteiger partial charge in [-0.1, -0.05) is 19.3 Å². The molecule has 106 valence electrons. The van der Waals surface area contributed by atoms with Gasteiger partial charge >= 0.3 is 6.18 Å². The fraction of sp³-hybridized carbons (Fsp3) is 0.917. The van der Waals surface area contributed by atoms with E-state index in [4.69, 9.17) is 5.73 Å². The molecule has 1 aliphatic carbocycles. The van der Waals surface area contributed by atoms with Gasteiger partial charge in [0.1, 0.15) is 0 Å². The zero-order valence-electron chi connectivity index (χ0n) is 10.8. The molecule has 0 bridgehead atoms. The Morgan fingerprint density at radius 3 is 2.22 bits per heavy atom. The third kappa shape index (κ3) is 3.37. The molecule has 0 aromatic carbocycles. The van der Waals surface area contributed by atoms with Crippen molar-refractivity contribution in [2.75, 3.05) is 0 Å². The first-order valence-electron chi connectivity index (χ1n) is 6.33. The minimum atomic E-state index is -4.73. The van der Waals surface area contributed by atoms with Crippen LogP contribution in [0.3, 0.4) is 0 Å². The zero-order chi connectivity index (χ0) is 14.0. The molecule has 3 N–H and O–H groups in total. The number of hydrogen-bond acceptors (Lipinski definition) is 2. The lowest BCUT2D eigenvalue weighted by Gasteiger charge is -2.32. The van der Waals surface area contributed by atoms with E-state index < -0.39 is 17.6 Å². The van der Waals surface area contributed by atoms with Gasteiger partial charge in [0, 0.05) is 6.04 Å². The molecule has 0 radical (unpaired) electrons. The number of amides is 1. The van der Waals surface area contributed by atoms with Gasteiger partial charge in [0.05, 0.1) is 0 Å². The van der Waals surface area contributed by atoms with Gasteiger partial charge in [0.2, 0.25) is 5.91 Å². The molecule has 1 aliphatic rings. The van der Waals surface area contributed by atoms with Gasteiger partial charge in [0.25, 0.3) is 0 Å². The molecular weight excluding hydrogens is 245 g/mol. The molecule has 18 heavy (non-hydrogen) atoms. The molecule has 6 heteroatoms. The van der Waals surface area contributed by atoms with Crippen LogP contribution in [-0.2, 0) is 4.79 Å². The second-order valence-electron chi connectivity index (χ2n) is 5.36. The van der Waals surface area contributed by atoms with Crippen molar-refractivity contribution in [3.05, 3.63) is 0 Å². The topological polar surface area (TPSA) is 55.1 Å². The quantitative estimate of drug-likeness (QED) is 0.824. The average Bonchev–Trinajstić information content (AvgIpc) is 2.28. The van der Waals surface area contributed by atoms with Crippen LogP contribution >= 0.6 is 0 Å². The number of alkyl halides is 3. The van der Waals surface area contributed by atoms with Crippen molar-refractivity contribution < 1.29 is 18.0 Å². The molecule has 0 aromatic rings. The van der Waals surface area contributed by atoms with Gasteiger partial charge in [0.15, 0.2) is 5.54 Å². The summed E-state index contributed by atoms with van der Waals surface area (Å²) in [5.41, 5.74) is 2.25. The molecule has 0 heterocycles. The van der Waals surface area contributed by atoms with Gasteiger partial charge in [-0.2, -0.15) is 13.2 Å². The third-order valence-corrected chi connectivity index (χ3v) is 3.78. The fourth-order valence-electron chi connectivity index (χ4n) is 2.24. The van der Waals surface area contributed by atoms with Crippen molar-refractivity contribution in [3.63, 3.8) is 0 Å². The first-order chi connectivity index (χ1) is 8.16. The Kier molecular flexibility index (Phi) is 4.64. The van der Waals surface area contributed by atoms with Crippen LogP contribution in [0.5, 0.6) is 0 Å². The Bertz CT molecular complexity index is 296. The van der Waals surface area contributed by atoms with Gasteiger partial charge in [-0.3, -0.25) is 4.79 Å². The van der Waals surface area contributed by atoms with E-state index in [1.807, 2.05) is 0 Å². The maximum absolute atomic E-state index is 12.6. The van der Waals surface area contributed by atoms with E-state index in [9.17, 15) is 18.0 Å². The number of nitrogens with one attached hydrogen (secondary N) is 1. The summed E-state index contributed by atoms with van der Waals surface area (Å²) in [5.74, 6) is -0.889. The molecular formula is C12H21F3N2O. The molecule has 0 aromatic heterocycles. The van der Waals surface area contributed by atoms with Crippen LogP contribution < -0.4 is 11.1 Å². The second kappa shape index (κ2) is 5.47. The van der Waals surface area contributed by atoms with Crippen LogP contribution in [0, 0.1) is 5.92 Å². The standard InChI is InChI=1S/C12H21F3N2O/c1-8(9-6-4-3-5-7-9)17-10(18)11(2,16)12(13,14)15/h8-9H,3-7,16H2,1-2H3,(H,17,18)/t8-,11?/m1/s1. The van der Waals surface area contributed by atoms with Crippen LogP contribution in [-0.4, -0.2) is 23.7 Å². The first kappa shape index (κ1) is 15.3. The van der Waals surface area contributed by atoms with E-state index in [1.165, 1.54) is 0 Å². The number of hydrogen-bond donors (Lipinski definition) is 2. The summed E-state index contributed by atoms with van der Waals surface area (Å²) in [4.78, 5) is 11.6. The Morgan fingerprint density at radius 1 is 1.28 bits per heavy atom. The molecule has 1 fully saturated rings. The summed E-state index contributed by atoms with van der Waals surface area (Å²) in [6, 6.07) is -0.261. The fourth-order valence-corrected chi connectivity index (χ4v) is 2.24. The summed E-state index contributed by atoms with van der Waals surface area (Å²) in [7, 11) is 0. The molecule has 3 nitrogen and oxygen atoms in total. The Labute approximate surface area is 105 Å². The number of nitrogens with two attached hydrogens (primary N) is 1. The SMILES string of the molecule is C[C@@H](NC(=O)C(C)(N)C(F)(F)F)C1CCCCC1. The summed E-state index contributed by atoms with van der Waals surface area (Å²) >= 11 is 0. The van der Waals surface area contributed by atoms with Crippen molar-refractivity contribution in [2.45, 2.75) is 63.7 Å². The van der Waals surface area contributed by atoms with E-state index in [-0.39, 0.29) is 12.0 Å². The number of carbonyl (C=O) groups excluding carboxylic acids is 1. The lowest BCUT2D eigenvalue weighted by atomic mass is 9.84. The minimum Gasteiger partial charge on any atom is -0.351 e. The molecule has 2 atom stereocenters. The number of rotatable bonds is 3. The van der Waals surface area contributed by atoms with Crippen molar-refractivity contribution >= 4 is 5.91 Å². The Hall–Kier alpha value is -0.780. The monoisotopic (exact) mass is 266 g/mol. The van der Waals surface area contributed by atoms with Crippen molar-refractivity contribution in [2.24, 2.45) is 11.7 Å². The normalized spacial score (nSPS) is 23.2. The Balaban J connectivity index is 2.58. The first-order valence-corrected chi connectivity index (χ1v) is 6.33.